The van der Waals surface area contributed by atoms with Crippen molar-refractivity contribution in [2.24, 2.45) is 0 Å². The number of carbonyl (C=O) groups excluding carboxylic acids is 1. The number of piperidine rings is 1. The van der Waals surface area contributed by atoms with E-state index in [1.165, 1.54) is 0 Å². The van der Waals surface area contributed by atoms with Crippen LogP contribution in [0.3, 0.4) is 0 Å². The average molecular weight is 276 g/mol. The molecule has 1 fully saturated rings. The highest BCUT2D eigenvalue weighted by molar-refractivity contribution is 5.69. The zero-order valence-electron chi connectivity index (χ0n) is 12.8. The number of hydrogen-bond acceptors (Lipinski definition) is 3. The third-order valence-electron chi connectivity index (χ3n) is 3.41. The van der Waals surface area contributed by atoms with Crippen LogP contribution in [0.5, 0.6) is 0 Å². The number of aromatic nitrogens is 1. The fourth-order valence-corrected chi connectivity index (χ4v) is 2.58. The van der Waals surface area contributed by atoms with E-state index in [0.29, 0.717) is 0 Å². The van der Waals surface area contributed by atoms with Crippen molar-refractivity contribution in [1.29, 1.82) is 0 Å². The van der Waals surface area contributed by atoms with Crippen LogP contribution in [0.25, 0.3) is 0 Å². The van der Waals surface area contributed by atoms with Crippen LogP contribution in [0.4, 0.5) is 4.79 Å². The van der Waals surface area contributed by atoms with Crippen molar-refractivity contribution >= 4 is 6.09 Å². The minimum atomic E-state index is -0.454. The van der Waals surface area contributed by atoms with Crippen LogP contribution in [0.2, 0.25) is 0 Å². The van der Waals surface area contributed by atoms with Crippen LogP contribution in [0.15, 0.2) is 18.5 Å². The number of ether oxygens (including phenoxy) is 1. The van der Waals surface area contributed by atoms with E-state index in [4.69, 9.17) is 4.74 Å². The van der Waals surface area contributed by atoms with Crippen molar-refractivity contribution in [3.63, 3.8) is 0 Å². The molecule has 1 aromatic rings. The maximum Gasteiger partial charge on any atom is 0.410 e. The number of amides is 1. The Morgan fingerprint density at radius 1 is 1.35 bits per heavy atom. The summed E-state index contributed by atoms with van der Waals surface area (Å²) in [6.07, 6.45) is 6.63. The predicted octanol–water partition coefficient (Wildman–Crippen LogP) is 3.85. The van der Waals surface area contributed by atoms with Gasteiger partial charge in [0.1, 0.15) is 5.60 Å². The van der Waals surface area contributed by atoms with Gasteiger partial charge < -0.3 is 9.64 Å². The minimum Gasteiger partial charge on any atom is -0.444 e. The Hall–Kier alpha value is -1.58. The van der Waals surface area contributed by atoms with E-state index < -0.39 is 5.60 Å². The number of hydrogen-bond donors (Lipinski definition) is 0. The van der Waals surface area contributed by atoms with Crippen LogP contribution in [0, 0.1) is 6.92 Å². The van der Waals surface area contributed by atoms with Gasteiger partial charge in [0, 0.05) is 18.9 Å². The Morgan fingerprint density at radius 3 is 2.75 bits per heavy atom. The first-order valence-corrected chi connectivity index (χ1v) is 7.28. The SMILES string of the molecule is Cc1cncc([C@@H]2CCCCN2C(=O)OC(C)(C)C)c1. The van der Waals surface area contributed by atoms with Crippen molar-refractivity contribution in [1.82, 2.24) is 9.88 Å². The largest absolute Gasteiger partial charge is 0.444 e. The molecule has 1 atom stereocenters. The van der Waals surface area contributed by atoms with E-state index in [2.05, 4.69) is 11.1 Å². The highest BCUT2D eigenvalue weighted by atomic mass is 16.6. The van der Waals surface area contributed by atoms with E-state index in [1.807, 2.05) is 45.0 Å². The van der Waals surface area contributed by atoms with Gasteiger partial charge in [-0.05, 0) is 58.1 Å². The summed E-state index contributed by atoms with van der Waals surface area (Å²) in [5, 5.41) is 0. The second-order valence-corrected chi connectivity index (χ2v) is 6.48. The zero-order valence-corrected chi connectivity index (χ0v) is 12.8. The first-order chi connectivity index (χ1) is 9.37. The van der Waals surface area contributed by atoms with Crippen molar-refractivity contribution < 1.29 is 9.53 Å². The molecule has 0 spiro atoms. The maximum atomic E-state index is 12.4. The average Bonchev–Trinajstić information content (AvgIpc) is 2.37. The van der Waals surface area contributed by atoms with Gasteiger partial charge in [-0.1, -0.05) is 6.07 Å². The lowest BCUT2D eigenvalue weighted by molar-refractivity contribution is 0.00947. The molecule has 0 saturated carbocycles. The number of pyridine rings is 1. The molecule has 0 aromatic carbocycles. The van der Waals surface area contributed by atoms with Gasteiger partial charge >= 0.3 is 6.09 Å². The van der Waals surface area contributed by atoms with Crippen LogP contribution in [-0.2, 0) is 4.74 Å². The summed E-state index contributed by atoms with van der Waals surface area (Å²) in [5.41, 5.74) is 1.77. The topological polar surface area (TPSA) is 42.4 Å². The summed E-state index contributed by atoms with van der Waals surface area (Å²) in [6, 6.07) is 2.20. The van der Waals surface area contributed by atoms with Crippen molar-refractivity contribution in [3.8, 4) is 0 Å². The highest BCUT2D eigenvalue weighted by Gasteiger charge is 2.31. The first kappa shape index (κ1) is 14.8. The van der Waals surface area contributed by atoms with Gasteiger partial charge in [0.25, 0.3) is 0 Å². The molecule has 4 heteroatoms. The summed E-state index contributed by atoms with van der Waals surface area (Å²) in [5.74, 6) is 0. The van der Waals surface area contributed by atoms with Gasteiger partial charge in [0.15, 0.2) is 0 Å². The molecule has 1 saturated heterocycles. The molecule has 4 nitrogen and oxygen atoms in total. The normalized spacial score (nSPS) is 19.8. The van der Waals surface area contributed by atoms with Crippen LogP contribution < -0.4 is 0 Å². The second kappa shape index (κ2) is 5.81. The Balaban J connectivity index is 2.19. The Morgan fingerprint density at radius 2 is 2.10 bits per heavy atom. The smallest absolute Gasteiger partial charge is 0.410 e. The van der Waals surface area contributed by atoms with E-state index >= 15 is 0 Å². The Kier molecular flexibility index (Phi) is 4.31. The lowest BCUT2D eigenvalue weighted by Crippen LogP contribution is -2.41. The van der Waals surface area contributed by atoms with E-state index in [9.17, 15) is 4.79 Å². The van der Waals surface area contributed by atoms with E-state index in [-0.39, 0.29) is 12.1 Å². The third kappa shape index (κ3) is 3.71. The molecule has 110 valence electrons. The molecular formula is C16H24N2O2. The lowest BCUT2D eigenvalue weighted by Gasteiger charge is -2.37. The fourth-order valence-electron chi connectivity index (χ4n) is 2.58. The zero-order chi connectivity index (χ0) is 14.8. The molecule has 2 heterocycles. The first-order valence-electron chi connectivity index (χ1n) is 7.28. The van der Waals surface area contributed by atoms with Crippen molar-refractivity contribution in [2.45, 2.75) is 58.6 Å². The van der Waals surface area contributed by atoms with Gasteiger partial charge in [0.05, 0.1) is 6.04 Å². The number of aryl methyl sites for hydroxylation is 1. The third-order valence-corrected chi connectivity index (χ3v) is 3.41. The van der Waals surface area contributed by atoms with Crippen LogP contribution in [-0.4, -0.2) is 28.1 Å². The molecular weight excluding hydrogens is 252 g/mol. The standard InChI is InChI=1S/C16H24N2O2/c1-12-9-13(11-17-10-12)14-7-5-6-8-18(14)15(19)20-16(2,3)4/h9-11,14H,5-8H2,1-4H3/t14-/m0/s1. The minimum absolute atomic E-state index is 0.0889. The number of nitrogens with zero attached hydrogens (tertiary/aromatic N) is 2. The van der Waals surface area contributed by atoms with Gasteiger partial charge in [-0.25, -0.2) is 4.79 Å². The number of likely N-dealkylation sites (tertiary alicyclic amines) is 1. The summed E-state index contributed by atoms with van der Waals surface area (Å²) in [4.78, 5) is 18.5. The number of carbonyl (C=O) groups is 1. The van der Waals surface area contributed by atoms with Gasteiger partial charge in [0.2, 0.25) is 0 Å². The van der Waals surface area contributed by atoms with Crippen LogP contribution >= 0.6 is 0 Å². The fraction of sp³-hybridized carbons (Fsp3) is 0.625. The van der Waals surface area contributed by atoms with Crippen molar-refractivity contribution in [2.75, 3.05) is 6.54 Å². The van der Waals surface area contributed by atoms with Crippen molar-refractivity contribution in [3.05, 3.63) is 29.6 Å². The van der Waals surface area contributed by atoms with Gasteiger partial charge in [-0.15, -0.1) is 0 Å². The number of rotatable bonds is 1. The molecule has 2 rings (SSSR count). The lowest BCUT2D eigenvalue weighted by atomic mass is 9.96. The highest BCUT2D eigenvalue weighted by Crippen LogP contribution is 2.32. The molecule has 1 amide bonds. The van der Waals surface area contributed by atoms with E-state index in [0.717, 1.165) is 36.9 Å². The molecule has 1 aromatic heterocycles. The Labute approximate surface area is 121 Å². The monoisotopic (exact) mass is 276 g/mol. The van der Waals surface area contributed by atoms with Gasteiger partial charge in [-0.3, -0.25) is 4.98 Å². The second-order valence-electron chi connectivity index (χ2n) is 6.48. The quantitative estimate of drug-likeness (QED) is 0.782. The molecule has 1 aliphatic heterocycles. The van der Waals surface area contributed by atoms with Gasteiger partial charge in [-0.2, -0.15) is 0 Å². The molecule has 0 bridgehead atoms. The van der Waals surface area contributed by atoms with Crippen LogP contribution in [0.1, 0.15) is 57.2 Å². The summed E-state index contributed by atoms with van der Waals surface area (Å²) in [6.45, 7) is 8.49. The van der Waals surface area contributed by atoms with E-state index in [1.54, 1.807) is 0 Å². The predicted molar refractivity (Wildman–Crippen MR) is 78.5 cm³/mol. The summed E-state index contributed by atoms with van der Waals surface area (Å²) >= 11 is 0. The molecule has 20 heavy (non-hydrogen) atoms. The molecule has 0 N–H and O–H groups in total. The molecule has 1 aliphatic rings. The molecule has 0 unspecified atom stereocenters. The summed E-state index contributed by atoms with van der Waals surface area (Å²) in [7, 11) is 0. The maximum absolute atomic E-state index is 12.4. The molecule has 0 aliphatic carbocycles. The molecule has 0 radical (unpaired) electrons. The summed E-state index contributed by atoms with van der Waals surface area (Å²) < 4.78 is 5.53. The Bertz CT molecular complexity index is 480.